The van der Waals surface area contributed by atoms with E-state index in [1.54, 1.807) is 0 Å². The quantitative estimate of drug-likeness (QED) is 0.850. The van der Waals surface area contributed by atoms with E-state index >= 15 is 0 Å². The van der Waals surface area contributed by atoms with Crippen molar-refractivity contribution in [1.29, 1.82) is 0 Å². The third kappa shape index (κ3) is 2.60. The second-order valence-electron chi connectivity index (χ2n) is 5.28. The van der Waals surface area contributed by atoms with Gasteiger partial charge in [-0.3, -0.25) is 0 Å². The molecule has 1 aromatic heterocycles. The van der Waals surface area contributed by atoms with E-state index in [2.05, 4.69) is 9.97 Å². The fourth-order valence-electron chi connectivity index (χ4n) is 2.74. The Labute approximate surface area is 122 Å². The average molecular weight is 289 g/mol. The van der Waals surface area contributed by atoms with Crippen molar-refractivity contribution in [2.75, 3.05) is 11.4 Å². The lowest BCUT2D eigenvalue weighted by Crippen LogP contribution is -2.32. The van der Waals surface area contributed by atoms with Crippen molar-refractivity contribution in [1.82, 2.24) is 9.97 Å². The van der Waals surface area contributed by atoms with Gasteiger partial charge in [0.2, 0.25) is 0 Å². The first-order valence-corrected chi connectivity index (χ1v) is 7.13. The van der Waals surface area contributed by atoms with E-state index in [4.69, 9.17) is 0 Å². The van der Waals surface area contributed by atoms with E-state index in [-0.39, 0.29) is 11.6 Å². The van der Waals surface area contributed by atoms with Gasteiger partial charge in [-0.25, -0.2) is 18.7 Å². The maximum Gasteiger partial charge on any atom is 0.132 e. The molecule has 0 unspecified atom stereocenters. The molecule has 110 valence electrons. The molecule has 2 heterocycles. The third-order valence-electron chi connectivity index (χ3n) is 3.86. The number of fused-ring (bicyclic) bond motifs is 1. The monoisotopic (exact) mass is 289 g/mol. The Hall–Kier alpha value is -2.04. The first-order chi connectivity index (χ1) is 10.1. The van der Waals surface area contributed by atoms with Crippen molar-refractivity contribution in [3.05, 3.63) is 52.5 Å². The molecule has 0 aliphatic carbocycles. The zero-order valence-electron chi connectivity index (χ0n) is 12.2. The summed E-state index contributed by atoms with van der Waals surface area (Å²) in [6.45, 7) is 4.86. The van der Waals surface area contributed by atoms with Crippen LogP contribution in [0.3, 0.4) is 0 Å². The van der Waals surface area contributed by atoms with Gasteiger partial charge >= 0.3 is 0 Å². The largest absolute Gasteiger partial charge is 0.352 e. The fourth-order valence-corrected chi connectivity index (χ4v) is 2.74. The van der Waals surface area contributed by atoms with E-state index in [0.29, 0.717) is 36.5 Å². The zero-order valence-corrected chi connectivity index (χ0v) is 12.2. The van der Waals surface area contributed by atoms with Crippen molar-refractivity contribution in [3.63, 3.8) is 0 Å². The van der Waals surface area contributed by atoms with E-state index in [9.17, 15) is 8.78 Å². The van der Waals surface area contributed by atoms with Gasteiger partial charge in [0.05, 0.1) is 0 Å². The SMILES string of the molecule is CCc1cc(N2CCc3c(F)ccc(F)c3C2)nc(C)n1. The smallest absolute Gasteiger partial charge is 0.132 e. The molecule has 1 aliphatic rings. The maximum absolute atomic E-state index is 13.9. The summed E-state index contributed by atoms with van der Waals surface area (Å²) in [5, 5.41) is 0. The van der Waals surface area contributed by atoms with Gasteiger partial charge in [-0.2, -0.15) is 0 Å². The highest BCUT2D eigenvalue weighted by Crippen LogP contribution is 2.27. The molecule has 0 N–H and O–H groups in total. The molecule has 0 spiro atoms. The highest BCUT2D eigenvalue weighted by Gasteiger charge is 2.23. The van der Waals surface area contributed by atoms with Gasteiger partial charge < -0.3 is 4.90 Å². The van der Waals surface area contributed by atoms with Crippen LogP contribution in [0.1, 0.15) is 29.6 Å². The van der Waals surface area contributed by atoms with E-state index in [1.165, 1.54) is 12.1 Å². The van der Waals surface area contributed by atoms with Gasteiger partial charge in [-0.05, 0) is 37.5 Å². The number of rotatable bonds is 2. The van der Waals surface area contributed by atoms with Gasteiger partial charge in [0.1, 0.15) is 23.3 Å². The second-order valence-corrected chi connectivity index (χ2v) is 5.28. The summed E-state index contributed by atoms with van der Waals surface area (Å²) in [5.41, 5.74) is 1.89. The van der Waals surface area contributed by atoms with E-state index < -0.39 is 0 Å². The molecule has 3 rings (SSSR count). The summed E-state index contributed by atoms with van der Waals surface area (Å²) >= 11 is 0. The lowest BCUT2D eigenvalue weighted by atomic mass is 9.98. The summed E-state index contributed by atoms with van der Waals surface area (Å²) < 4.78 is 27.7. The van der Waals surface area contributed by atoms with Crippen LogP contribution in [0.5, 0.6) is 0 Å². The van der Waals surface area contributed by atoms with Crippen molar-refractivity contribution in [2.45, 2.75) is 33.2 Å². The average Bonchev–Trinajstić information content (AvgIpc) is 2.50. The van der Waals surface area contributed by atoms with Gasteiger partial charge in [-0.15, -0.1) is 0 Å². The number of hydrogen-bond acceptors (Lipinski definition) is 3. The first kappa shape index (κ1) is 13.9. The summed E-state index contributed by atoms with van der Waals surface area (Å²) in [6.07, 6.45) is 1.31. The van der Waals surface area contributed by atoms with Crippen LogP contribution in [0.25, 0.3) is 0 Å². The topological polar surface area (TPSA) is 29.0 Å². The zero-order chi connectivity index (χ0) is 15.0. The molecule has 2 aromatic rings. The normalized spacial score (nSPS) is 14.2. The Morgan fingerprint density at radius 1 is 1.14 bits per heavy atom. The predicted octanol–water partition coefficient (Wildman–Crippen LogP) is 3.19. The molecule has 3 nitrogen and oxygen atoms in total. The molecule has 0 atom stereocenters. The molecular weight excluding hydrogens is 272 g/mol. The Kier molecular flexibility index (Phi) is 3.57. The Morgan fingerprint density at radius 2 is 1.86 bits per heavy atom. The van der Waals surface area contributed by atoms with Crippen LogP contribution in [0.15, 0.2) is 18.2 Å². The Bertz CT molecular complexity index is 685. The highest BCUT2D eigenvalue weighted by molar-refractivity contribution is 5.45. The summed E-state index contributed by atoms with van der Waals surface area (Å²) in [6, 6.07) is 4.32. The number of benzene rings is 1. The highest BCUT2D eigenvalue weighted by atomic mass is 19.1. The molecule has 5 heteroatoms. The van der Waals surface area contributed by atoms with Crippen LogP contribution in [0.4, 0.5) is 14.6 Å². The number of anilines is 1. The minimum atomic E-state index is -0.349. The number of hydrogen-bond donors (Lipinski definition) is 0. The molecule has 0 amide bonds. The minimum Gasteiger partial charge on any atom is -0.352 e. The van der Waals surface area contributed by atoms with Gasteiger partial charge in [0.25, 0.3) is 0 Å². The molecule has 0 radical (unpaired) electrons. The molecule has 0 bridgehead atoms. The van der Waals surface area contributed by atoms with Crippen LogP contribution in [0.2, 0.25) is 0 Å². The lowest BCUT2D eigenvalue weighted by molar-refractivity contribution is 0.548. The maximum atomic E-state index is 13.9. The van der Waals surface area contributed by atoms with Crippen molar-refractivity contribution in [3.8, 4) is 0 Å². The molecule has 0 saturated heterocycles. The molecule has 1 aliphatic heterocycles. The summed E-state index contributed by atoms with van der Waals surface area (Å²) in [5.74, 6) is 0.820. The number of halogens is 2. The van der Waals surface area contributed by atoms with Gasteiger partial charge in [0.15, 0.2) is 0 Å². The number of aryl methyl sites for hydroxylation is 2. The third-order valence-corrected chi connectivity index (χ3v) is 3.86. The van der Waals surface area contributed by atoms with Gasteiger partial charge in [0, 0.05) is 30.4 Å². The van der Waals surface area contributed by atoms with Crippen LogP contribution in [-0.2, 0) is 19.4 Å². The molecular formula is C16H17F2N3. The van der Waals surface area contributed by atoms with Crippen LogP contribution < -0.4 is 4.90 Å². The van der Waals surface area contributed by atoms with Crippen molar-refractivity contribution < 1.29 is 8.78 Å². The summed E-state index contributed by atoms with van der Waals surface area (Å²) in [4.78, 5) is 10.8. The summed E-state index contributed by atoms with van der Waals surface area (Å²) in [7, 11) is 0. The first-order valence-electron chi connectivity index (χ1n) is 7.13. The lowest BCUT2D eigenvalue weighted by Gasteiger charge is -2.30. The van der Waals surface area contributed by atoms with Crippen molar-refractivity contribution in [2.24, 2.45) is 0 Å². The van der Waals surface area contributed by atoms with Crippen LogP contribution in [-0.4, -0.2) is 16.5 Å². The molecule has 0 fully saturated rings. The van der Waals surface area contributed by atoms with Gasteiger partial charge in [-0.1, -0.05) is 6.92 Å². The fraction of sp³-hybridized carbons (Fsp3) is 0.375. The molecule has 1 aromatic carbocycles. The molecule has 21 heavy (non-hydrogen) atoms. The number of nitrogens with zero attached hydrogens (tertiary/aromatic N) is 3. The van der Waals surface area contributed by atoms with Crippen LogP contribution >= 0.6 is 0 Å². The minimum absolute atomic E-state index is 0.320. The van der Waals surface area contributed by atoms with E-state index in [0.717, 1.165) is 17.9 Å². The standard InChI is InChI=1S/C16H17F2N3/c1-3-11-8-16(20-10(2)19-11)21-7-6-12-13(9-21)15(18)5-4-14(12)17/h4-5,8H,3,6-7,9H2,1-2H3. The van der Waals surface area contributed by atoms with Crippen molar-refractivity contribution >= 4 is 5.82 Å². The Balaban J connectivity index is 1.96. The van der Waals surface area contributed by atoms with E-state index in [1.807, 2.05) is 24.8 Å². The predicted molar refractivity (Wildman–Crippen MR) is 77.3 cm³/mol. The number of aromatic nitrogens is 2. The van der Waals surface area contributed by atoms with Crippen LogP contribution in [0, 0.1) is 18.6 Å². The molecule has 0 saturated carbocycles. The Morgan fingerprint density at radius 3 is 2.57 bits per heavy atom. The second kappa shape index (κ2) is 5.39.